The van der Waals surface area contributed by atoms with Crippen LogP contribution in [0.3, 0.4) is 0 Å². The highest BCUT2D eigenvalue weighted by Crippen LogP contribution is 2.34. The molecule has 2 aromatic rings. The minimum absolute atomic E-state index is 0.0300. The average molecular weight is 378 g/mol. The van der Waals surface area contributed by atoms with Crippen molar-refractivity contribution in [1.29, 1.82) is 0 Å². The molecule has 0 unspecified atom stereocenters. The van der Waals surface area contributed by atoms with Crippen LogP contribution in [-0.4, -0.2) is 29.9 Å². The van der Waals surface area contributed by atoms with Gasteiger partial charge < -0.3 is 16.0 Å². The Bertz CT molecular complexity index is 877. The summed E-state index contributed by atoms with van der Waals surface area (Å²) in [5.74, 6) is -1.71. The van der Waals surface area contributed by atoms with Crippen LogP contribution in [0, 0.1) is 0 Å². The van der Waals surface area contributed by atoms with E-state index in [1.165, 1.54) is 24.4 Å². The van der Waals surface area contributed by atoms with Crippen molar-refractivity contribution in [2.24, 2.45) is 5.73 Å². The van der Waals surface area contributed by atoms with Crippen molar-refractivity contribution in [3.63, 3.8) is 0 Å². The van der Waals surface area contributed by atoms with Crippen LogP contribution >= 0.6 is 0 Å². The second kappa shape index (κ2) is 7.26. The van der Waals surface area contributed by atoms with Gasteiger partial charge in [0.15, 0.2) is 0 Å². The molecule has 0 atom stereocenters. The van der Waals surface area contributed by atoms with Gasteiger partial charge in [-0.3, -0.25) is 9.59 Å². The van der Waals surface area contributed by atoms with Gasteiger partial charge in [0.05, 0.1) is 11.1 Å². The molecule has 6 nitrogen and oxygen atoms in total. The minimum atomic E-state index is -4.59. The molecule has 3 rings (SSSR count). The first-order valence-corrected chi connectivity index (χ1v) is 8.29. The van der Waals surface area contributed by atoms with E-state index in [-0.39, 0.29) is 16.9 Å². The molecule has 2 heterocycles. The topological polar surface area (TPSA) is 88.3 Å². The zero-order chi connectivity index (χ0) is 19.6. The summed E-state index contributed by atoms with van der Waals surface area (Å²) in [4.78, 5) is 29.7. The molecule has 0 saturated carbocycles. The molecule has 1 saturated heterocycles. The van der Waals surface area contributed by atoms with Crippen LogP contribution < -0.4 is 16.0 Å². The molecule has 1 fully saturated rings. The van der Waals surface area contributed by atoms with Crippen molar-refractivity contribution in [1.82, 2.24) is 4.98 Å². The zero-order valence-electron chi connectivity index (χ0n) is 14.2. The number of amides is 2. The molecule has 9 heteroatoms. The molecule has 2 amide bonds. The summed E-state index contributed by atoms with van der Waals surface area (Å²) in [6.07, 6.45) is -1.49. The number of primary amides is 1. The third-order valence-electron chi connectivity index (χ3n) is 4.28. The quantitative estimate of drug-likeness (QED) is 0.856. The summed E-state index contributed by atoms with van der Waals surface area (Å²) in [6, 6.07) is 6.06. The molecule has 0 radical (unpaired) electrons. The maximum atomic E-state index is 13.3. The number of halogens is 3. The highest BCUT2D eigenvalue weighted by molar-refractivity contribution is 6.08. The van der Waals surface area contributed by atoms with Gasteiger partial charge in [-0.2, -0.15) is 13.2 Å². The van der Waals surface area contributed by atoms with Gasteiger partial charge in [0.25, 0.3) is 11.8 Å². The largest absolute Gasteiger partial charge is 0.416 e. The van der Waals surface area contributed by atoms with Gasteiger partial charge in [0.2, 0.25) is 0 Å². The maximum Gasteiger partial charge on any atom is 0.416 e. The summed E-state index contributed by atoms with van der Waals surface area (Å²) >= 11 is 0. The number of rotatable bonds is 4. The summed E-state index contributed by atoms with van der Waals surface area (Å²) in [5, 5.41) is 2.37. The number of alkyl halides is 3. The van der Waals surface area contributed by atoms with E-state index in [0.29, 0.717) is 18.8 Å². The lowest BCUT2D eigenvalue weighted by Gasteiger charge is -2.20. The Morgan fingerprint density at radius 1 is 1.15 bits per heavy atom. The van der Waals surface area contributed by atoms with Crippen LogP contribution in [0.15, 0.2) is 36.5 Å². The van der Waals surface area contributed by atoms with Crippen molar-refractivity contribution in [3.05, 3.63) is 53.2 Å². The molecule has 1 aliphatic rings. The maximum absolute atomic E-state index is 13.3. The molecular formula is C18H17F3N4O2. The van der Waals surface area contributed by atoms with Crippen LogP contribution in [0.25, 0.3) is 0 Å². The van der Waals surface area contributed by atoms with Crippen LogP contribution in [0.4, 0.5) is 24.7 Å². The third kappa shape index (κ3) is 4.18. The van der Waals surface area contributed by atoms with Gasteiger partial charge >= 0.3 is 6.18 Å². The summed E-state index contributed by atoms with van der Waals surface area (Å²) in [6.45, 7) is 1.27. The first-order valence-electron chi connectivity index (χ1n) is 8.29. The number of pyridine rings is 1. The number of nitrogens with one attached hydrogen (secondary N) is 1. The van der Waals surface area contributed by atoms with Gasteiger partial charge in [0, 0.05) is 30.5 Å². The Kier molecular flexibility index (Phi) is 5.02. The first kappa shape index (κ1) is 18.7. The molecule has 1 aromatic heterocycles. The normalized spacial score (nSPS) is 14.3. The van der Waals surface area contributed by atoms with E-state index >= 15 is 0 Å². The van der Waals surface area contributed by atoms with Crippen molar-refractivity contribution in [2.45, 2.75) is 19.0 Å². The van der Waals surface area contributed by atoms with E-state index in [1.54, 1.807) is 0 Å². The summed E-state index contributed by atoms with van der Waals surface area (Å²) < 4.78 is 39.8. The van der Waals surface area contributed by atoms with Gasteiger partial charge in [-0.1, -0.05) is 0 Å². The number of nitrogens with two attached hydrogens (primary N) is 1. The first-order chi connectivity index (χ1) is 12.8. The van der Waals surface area contributed by atoms with Gasteiger partial charge in [-0.15, -0.1) is 0 Å². The van der Waals surface area contributed by atoms with Crippen molar-refractivity contribution < 1.29 is 22.8 Å². The monoisotopic (exact) mass is 378 g/mol. The number of aromatic nitrogens is 1. The van der Waals surface area contributed by atoms with Crippen molar-refractivity contribution in [3.8, 4) is 0 Å². The number of benzene rings is 1. The highest BCUT2D eigenvalue weighted by Gasteiger charge is 2.32. The molecule has 1 aromatic carbocycles. The number of hydrogen-bond donors (Lipinski definition) is 2. The second-order valence-corrected chi connectivity index (χ2v) is 6.18. The van der Waals surface area contributed by atoms with E-state index in [1.807, 2.05) is 4.90 Å². The predicted molar refractivity (Wildman–Crippen MR) is 93.6 cm³/mol. The van der Waals surface area contributed by atoms with Crippen molar-refractivity contribution in [2.75, 3.05) is 23.3 Å². The minimum Gasteiger partial charge on any atom is -0.372 e. The van der Waals surface area contributed by atoms with Crippen LogP contribution in [0.5, 0.6) is 0 Å². The smallest absolute Gasteiger partial charge is 0.372 e. The predicted octanol–water partition coefficient (Wildman–Crippen LogP) is 3.05. The molecule has 0 bridgehead atoms. The van der Waals surface area contributed by atoms with E-state index in [0.717, 1.165) is 25.0 Å². The fourth-order valence-corrected chi connectivity index (χ4v) is 2.95. The summed E-state index contributed by atoms with van der Waals surface area (Å²) in [7, 11) is 0. The number of carbonyl (C=O) groups excluding carboxylic acids is 2. The molecule has 27 heavy (non-hydrogen) atoms. The van der Waals surface area contributed by atoms with Gasteiger partial charge in [-0.05, 0) is 43.2 Å². The molecule has 0 spiro atoms. The molecule has 1 aliphatic heterocycles. The molecule has 142 valence electrons. The lowest BCUT2D eigenvalue weighted by Crippen LogP contribution is -2.22. The second-order valence-electron chi connectivity index (χ2n) is 6.18. The summed E-state index contributed by atoms with van der Waals surface area (Å²) in [5.41, 5.74) is 4.46. The number of nitrogens with zero attached hydrogens (tertiary/aromatic N) is 2. The van der Waals surface area contributed by atoms with Gasteiger partial charge in [0.1, 0.15) is 5.82 Å². The fourth-order valence-electron chi connectivity index (χ4n) is 2.95. The Morgan fingerprint density at radius 2 is 1.85 bits per heavy atom. The van der Waals surface area contributed by atoms with Crippen LogP contribution in [0.2, 0.25) is 0 Å². The zero-order valence-corrected chi connectivity index (χ0v) is 14.2. The number of carbonyl (C=O) groups is 2. The van der Waals surface area contributed by atoms with E-state index in [2.05, 4.69) is 10.3 Å². The highest BCUT2D eigenvalue weighted by atomic mass is 19.4. The Labute approximate surface area is 153 Å². The van der Waals surface area contributed by atoms with Crippen molar-refractivity contribution >= 4 is 23.3 Å². The molecular weight excluding hydrogens is 361 g/mol. The Morgan fingerprint density at radius 3 is 2.48 bits per heavy atom. The van der Waals surface area contributed by atoms with E-state index in [4.69, 9.17) is 5.73 Å². The van der Waals surface area contributed by atoms with Crippen LogP contribution in [-0.2, 0) is 6.18 Å². The third-order valence-corrected chi connectivity index (χ3v) is 4.28. The van der Waals surface area contributed by atoms with Gasteiger partial charge in [-0.25, -0.2) is 4.98 Å². The lowest BCUT2D eigenvalue weighted by molar-refractivity contribution is -0.137. The number of hydrogen-bond acceptors (Lipinski definition) is 4. The Hall–Kier alpha value is -3.10. The average Bonchev–Trinajstić information content (AvgIpc) is 3.15. The van der Waals surface area contributed by atoms with E-state index in [9.17, 15) is 22.8 Å². The van der Waals surface area contributed by atoms with Crippen LogP contribution in [0.1, 0.15) is 39.1 Å². The molecule has 0 aliphatic carbocycles. The Balaban J connectivity index is 1.96. The number of anilines is 2. The fraction of sp³-hybridized carbons (Fsp3) is 0.278. The van der Waals surface area contributed by atoms with E-state index < -0.39 is 23.6 Å². The lowest BCUT2D eigenvalue weighted by atomic mass is 10.1. The standard InChI is InChI=1S/C18H17F3N4O2/c19-18(20,21)12-8-11(9-13(10-12)25-6-1-2-7-25)17(27)24-16-14(15(22)26)4-3-5-23-16/h3-5,8-10H,1-2,6-7H2,(H2,22,26)(H,23,24,27). The molecule has 3 N–H and O–H groups in total. The SMILES string of the molecule is NC(=O)c1cccnc1NC(=O)c1cc(N2CCCC2)cc(C(F)(F)F)c1.